The number of hydrogen-bond donors (Lipinski definition) is 1. The highest BCUT2D eigenvalue weighted by Crippen LogP contribution is 2.21. The van der Waals surface area contributed by atoms with Crippen molar-refractivity contribution in [2.24, 2.45) is 5.92 Å². The molecule has 1 saturated carbocycles. The van der Waals surface area contributed by atoms with Gasteiger partial charge in [-0.3, -0.25) is 14.4 Å². The van der Waals surface area contributed by atoms with Crippen LogP contribution in [0.4, 0.5) is 0 Å². The van der Waals surface area contributed by atoms with Crippen molar-refractivity contribution in [3.63, 3.8) is 0 Å². The van der Waals surface area contributed by atoms with Gasteiger partial charge in [-0.05, 0) is 44.2 Å². The Hall–Kier alpha value is -2.63. The van der Waals surface area contributed by atoms with Crippen molar-refractivity contribution < 1.29 is 19.1 Å². The van der Waals surface area contributed by atoms with E-state index in [1.54, 1.807) is 24.0 Å². The van der Waals surface area contributed by atoms with Gasteiger partial charge < -0.3 is 15.0 Å². The predicted molar refractivity (Wildman–Crippen MR) is 120 cm³/mol. The van der Waals surface area contributed by atoms with E-state index in [4.69, 9.17) is 4.74 Å². The van der Waals surface area contributed by atoms with Gasteiger partial charge in [0, 0.05) is 25.2 Å². The lowest BCUT2D eigenvalue weighted by atomic mass is 9.97. The van der Waals surface area contributed by atoms with Crippen LogP contribution in [0.1, 0.15) is 63.9 Å². The van der Waals surface area contributed by atoms with E-state index in [9.17, 15) is 14.4 Å². The highest BCUT2D eigenvalue weighted by molar-refractivity contribution is 5.92. The number of rotatable bonds is 6. The molecule has 2 aliphatic rings. The van der Waals surface area contributed by atoms with Gasteiger partial charge in [0.2, 0.25) is 5.91 Å². The summed E-state index contributed by atoms with van der Waals surface area (Å²) in [6, 6.07) is 9.87. The second kappa shape index (κ2) is 11.7. The van der Waals surface area contributed by atoms with Crippen LogP contribution in [0.3, 0.4) is 0 Å². The molecule has 6 heteroatoms. The van der Waals surface area contributed by atoms with E-state index in [1.165, 1.54) is 12.8 Å². The van der Waals surface area contributed by atoms with Crippen LogP contribution in [-0.2, 0) is 19.1 Å². The number of nitrogens with zero attached hydrogens (tertiary/aromatic N) is 1. The molecule has 1 N–H and O–H groups in total. The van der Waals surface area contributed by atoms with Crippen LogP contribution in [0.25, 0.3) is 6.08 Å². The van der Waals surface area contributed by atoms with Gasteiger partial charge >= 0.3 is 5.97 Å². The molecule has 1 atom stereocenters. The Bertz CT molecular complexity index is 761. The van der Waals surface area contributed by atoms with Gasteiger partial charge in [0.25, 0.3) is 5.91 Å². The first-order valence-electron chi connectivity index (χ1n) is 11.6. The van der Waals surface area contributed by atoms with Crippen molar-refractivity contribution in [2.75, 3.05) is 13.1 Å². The van der Waals surface area contributed by atoms with Gasteiger partial charge in [-0.15, -0.1) is 0 Å². The molecule has 2 fully saturated rings. The van der Waals surface area contributed by atoms with E-state index in [1.807, 2.05) is 30.3 Å². The number of ether oxygens (including phenoxy) is 1. The molecule has 6 nitrogen and oxygen atoms in total. The Morgan fingerprint density at radius 2 is 1.65 bits per heavy atom. The fourth-order valence-electron chi connectivity index (χ4n) is 4.24. The minimum Gasteiger partial charge on any atom is -0.452 e. The van der Waals surface area contributed by atoms with Gasteiger partial charge in [0.1, 0.15) is 0 Å². The molecule has 0 radical (unpaired) electrons. The molecule has 31 heavy (non-hydrogen) atoms. The first kappa shape index (κ1) is 23.0. The molecular formula is C25H34N2O4. The lowest BCUT2D eigenvalue weighted by molar-refractivity contribution is -0.160. The van der Waals surface area contributed by atoms with Crippen LogP contribution in [0, 0.1) is 5.92 Å². The second-order valence-corrected chi connectivity index (χ2v) is 8.62. The largest absolute Gasteiger partial charge is 0.452 e. The monoisotopic (exact) mass is 426 g/mol. The highest BCUT2D eigenvalue weighted by atomic mass is 16.5. The van der Waals surface area contributed by atoms with Crippen LogP contribution in [0.2, 0.25) is 0 Å². The van der Waals surface area contributed by atoms with Crippen molar-refractivity contribution in [1.82, 2.24) is 10.2 Å². The molecule has 0 aromatic heterocycles. The average Bonchev–Trinajstić information content (AvgIpc) is 3.06. The Labute approximate surface area is 185 Å². The Morgan fingerprint density at radius 3 is 2.29 bits per heavy atom. The molecule has 1 aliphatic heterocycles. The molecule has 1 aromatic rings. The summed E-state index contributed by atoms with van der Waals surface area (Å²) in [5.41, 5.74) is 0.977. The number of hydrogen-bond acceptors (Lipinski definition) is 4. The maximum atomic E-state index is 12.5. The van der Waals surface area contributed by atoms with E-state index in [-0.39, 0.29) is 29.7 Å². The molecule has 3 rings (SSSR count). The molecule has 0 bridgehead atoms. The summed E-state index contributed by atoms with van der Waals surface area (Å²) < 4.78 is 5.46. The minimum atomic E-state index is -0.788. The number of likely N-dealkylation sites (tertiary alicyclic amines) is 1. The molecule has 0 spiro atoms. The quantitative estimate of drug-likeness (QED) is 0.427. The normalized spacial score (nSPS) is 19.6. The summed E-state index contributed by atoms with van der Waals surface area (Å²) in [5, 5.41) is 3.04. The number of benzene rings is 1. The van der Waals surface area contributed by atoms with Crippen LogP contribution < -0.4 is 5.32 Å². The molecule has 1 saturated heterocycles. The maximum Gasteiger partial charge on any atom is 0.309 e. The third-order valence-corrected chi connectivity index (χ3v) is 6.22. The van der Waals surface area contributed by atoms with E-state index in [0.29, 0.717) is 25.9 Å². The fourth-order valence-corrected chi connectivity index (χ4v) is 4.24. The summed E-state index contributed by atoms with van der Waals surface area (Å²) in [7, 11) is 0. The molecule has 1 aromatic carbocycles. The first-order chi connectivity index (χ1) is 15.0. The van der Waals surface area contributed by atoms with Crippen LogP contribution >= 0.6 is 0 Å². The molecule has 0 unspecified atom stereocenters. The first-order valence-corrected chi connectivity index (χ1v) is 11.6. The minimum absolute atomic E-state index is 0.0492. The zero-order chi connectivity index (χ0) is 22.1. The lowest BCUT2D eigenvalue weighted by Crippen LogP contribution is -2.44. The summed E-state index contributed by atoms with van der Waals surface area (Å²) in [5.74, 6) is -0.864. The van der Waals surface area contributed by atoms with Crippen molar-refractivity contribution in [2.45, 2.75) is 70.4 Å². The number of carbonyl (C=O) groups excluding carboxylic acids is 3. The van der Waals surface area contributed by atoms with Crippen molar-refractivity contribution in [3.05, 3.63) is 42.0 Å². The Kier molecular flexibility index (Phi) is 8.68. The number of piperidine rings is 1. The van der Waals surface area contributed by atoms with Gasteiger partial charge in [-0.1, -0.05) is 56.0 Å². The van der Waals surface area contributed by atoms with Crippen molar-refractivity contribution in [1.29, 1.82) is 0 Å². The van der Waals surface area contributed by atoms with E-state index < -0.39 is 6.10 Å². The van der Waals surface area contributed by atoms with Crippen molar-refractivity contribution in [3.8, 4) is 0 Å². The third kappa shape index (κ3) is 7.23. The predicted octanol–water partition coefficient (Wildman–Crippen LogP) is 3.71. The van der Waals surface area contributed by atoms with E-state index in [2.05, 4.69) is 5.32 Å². The maximum absolute atomic E-state index is 12.5. The van der Waals surface area contributed by atoms with E-state index in [0.717, 1.165) is 31.2 Å². The zero-order valence-corrected chi connectivity index (χ0v) is 18.4. The highest BCUT2D eigenvalue weighted by Gasteiger charge is 2.30. The fraction of sp³-hybridized carbons (Fsp3) is 0.560. The second-order valence-electron chi connectivity index (χ2n) is 8.62. The van der Waals surface area contributed by atoms with Gasteiger partial charge in [0.05, 0.1) is 5.92 Å². The summed E-state index contributed by atoms with van der Waals surface area (Å²) in [4.78, 5) is 39.1. The summed E-state index contributed by atoms with van der Waals surface area (Å²) in [6.07, 6.45) is 10.4. The molecule has 168 valence electrons. The van der Waals surface area contributed by atoms with Crippen LogP contribution in [0.15, 0.2) is 36.4 Å². The molecule has 1 aliphatic carbocycles. The topological polar surface area (TPSA) is 75.7 Å². The smallest absolute Gasteiger partial charge is 0.309 e. The lowest BCUT2D eigenvalue weighted by Gasteiger charge is -2.30. The van der Waals surface area contributed by atoms with Crippen LogP contribution in [0.5, 0.6) is 0 Å². The third-order valence-electron chi connectivity index (χ3n) is 6.22. The Balaban J connectivity index is 1.40. The van der Waals surface area contributed by atoms with E-state index >= 15 is 0 Å². The summed E-state index contributed by atoms with van der Waals surface area (Å²) in [6.45, 7) is 2.66. The van der Waals surface area contributed by atoms with Gasteiger partial charge in [0.15, 0.2) is 6.10 Å². The number of nitrogens with one attached hydrogen (secondary N) is 1. The molecular weight excluding hydrogens is 392 g/mol. The zero-order valence-electron chi connectivity index (χ0n) is 18.4. The standard InChI is InChI=1S/C25H34N2O4/c1-19(24(29)26-22-11-7-2-3-8-12-22)31-25(30)21-15-17-27(18-16-21)23(28)14-13-20-9-5-4-6-10-20/h4-6,9-10,13-14,19,21-22H,2-3,7-8,11-12,15-18H2,1H3,(H,26,29)/b14-13+/t19-/m1/s1. The van der Waals surface area contributed by atoms with Gasteiger partial charge in [-0.2, -0.15) is 0 Å². The molecule has 1 heterocycles. The van der Waals surface area contributed by atoms with Gasteiger partial charge in [-0.25, -0.2) is 0 Å². The number of carbonyl (C=O) groups is 3. The average molecular weight is 427 g/mol. The SMILES string of the molecule is C[C@@H](OC(=O)C1CCN(C(=O)/C=C/c2ccccc2)CC1)C(=O)NC1CCCCCC1. The summed E-state index contributed by atoms with van der Waals surface area (Å²) >= 11 is 0. The number of esters is 1. The van der Waals surface area contributed by atoms with Crippen molar-refractivity contribution >= 4 is 23.9 Å². The Morgan fingerprint density at radius 1 is 1.00 bits per heavy atom. The number of amides is 2. The molecule has 2 amide bonds. The van der Waals surface area contributed by atoms with Crippen LogP contribution in [-0.4, -0.2) is 47.9 Å².